The van der Waals surface area contributed by atoms with Crippen LogP contribution in [0.5, 0.6) is 0 Å². The van der Waals surface area contributed by atoms with Crippen molar-refractivity contribution in [2.45, 2.75) is 46.7 Å². The Kier molecular flexibility index (Phi) is 4.90. The predicted octanol–water partition coefficient (Wildman–Crippen LogP) is 3.00. The fraction of sp³-hybridized carbons (Fsp3) is 0.500. The number of hydrogen-bond acceptors (Lipinski definition) is 3. The van der Waals surface area contributed by atoms with Crippen LogP contribution in [0.2, 0.25) is 0 Å². The molecule has 0 saturated carbocycles. The minimum absolute atomic E-state index is 0.106. The van der Waals surface area contributed by atoms with E-state index >= 15 is 0 Å². The van der Waals surface area contributed by atoms with Crippen LogP contribution >= 0.6 is 0 Å². The number of aromatic nitrogens is 3. The fourth-order valence-corrected chi connectivity index (χ4v) is 2.56. The maximum atomic E-state index is 4.59. The average Bonchev–Trinajstić information content (AvgIpc) is 2.85. The molecule has 0 radical (unpaired) electrons. The number of aryl methyl sites for hydroxylation is 3. The number of rotatable bonds is 6. The van der Waals surface area contributed by atoms with Gasteiger partial charge in [0, 0.05) is 30.3 Å². The van der Waals surface area contributed by atoms with Crippen molar-refractivity contribution in [3.8, 4) is 0 Å². The molecule has 2 aromatic rings. The van der Waals surface area contributed by atoms with Gasteiger partial charge in [-0.1, -0.05) is 19.9 Å². The first-order chi connectivity index (χ1) is 9.67. The Labute approximate surface area is 121 Å². The largest absolute Gasteiger partial charge is 0.333 e. The van der Waals surface area contributed by atoms with Crippen molar-refractivity contribution in [2.24, 2.45) is 0 Å². The van der Waals surface area contributed by atoms with Crippen LogP contribution in [-0.2, 0) is 6.54 Å². The van der Waals surface area contributed by atoms with E-state index in [-0.39, 0.29) is 6.04 Å². The fourth-order valence-electron chi connectivity index (χ4n) is 2.56. The van der Waals surface area contributed by atoms with E-state index < -0.39 is 0 Å². The van der Waals surface area contributed by atoms with Crippen LogP contribution in [-0.4, -0.2) is 21.1 Å². The molecule has 1 unspecified atom stereocenters. The number of imidazole rings is 1. The van der Waals surface area contributed by atoms with Gasteiger partial charge in [0.05, 0.1) is 6.04 Å². The summed E-state index contributed by atoms with van der Waals surface area (Å²) in [5.74, 6) is 1.07. The maximum Gasteiger partial charge on any atom is 0.130 e. The van der Waals surface area contributed by atoms with Gasteiger partial charge >= 0.3 is 0 Å². The molecule has 0 bridgehead atoms. The quantitative estimate of drug-likeness (QED) is 0.879. The molecule has 0 saturated heterocycles. The van der Waals surface area contributed by atoms with Crippen LogP contribution < -0.4 is 5.32 Å². The Balaban J connectivity index is 2.42. The molecule has 108 valence electrons. The highest BCUT2D eigenvalue weighted by molar-refractivity contribution is 5.30. The highest BCUT2D eigenvalue weighted by Gasteiger charge is 2.20. The van der Waals surface area contributed by atoms with Crippen molar-refractivity contribution in [3.63, 3.8) is 0 Å². The molecule has 1 atom stereocenters. The molecule has 0 aliphatic rings. The van der Waals surface area contributed by atoms with Crippen molar-refractivity contribution in [1.82, 2.24) is 19.9 Å². The lowest BCUT2D eigenvalue weighted by Gasteiger charge is -2.21. The molecule has 0 spiro atoms. The van der Waals surface area contributed by atoms with E-state index in [0.29, 0.717) is 0 Å². The Bertz CT molecular complexity index is 559. The molecule has 0 fully saturated rings. The molecule has 0 aliphatic carbocycles. The summed E-state index contributed by atoms with van der Waals surface area (Å²) in [5, 5.41) is 3.54. The molecule has 0 amide bonds. The maximum absolute atomic E-state index is 4.59. The first kappa shape index (κ1) is 14.7. The third-order valence-corrected chi connectivity index (χ3v) is 3.46. The second kappa shape index (κ2) is 6.66. The predicted molar refractivity (Wildman–Crippen MR) is 81.7 cm³/mol. The van der Waals surface area contributed by atoms with Gasteiger partial charge in [0.25, 0.3) is 0 Å². The average molecular weight is 272 g/mol. The minimum atomic E-state index is 0.106. The van der Waals surface area contributed by atoms with Crippen molar-refractivity contribution in [1.29, 1.82) is 0 Å². The monoisotopic (exact) mass is 272 g/mol. The summed E-state index contributed by atoms with van der Waals surface area (Å²) < 4.78 is 2.23. The molecule has 0 aliphatic heterocycles. The van der Waals surface area contributed by atoms with E-state index in [1.807, 2.05) is 13.1 Å². The minimum Gasteiger partial charge on any atom is -0.333 e. The van der Waals surface area contributed by atoms with Gasteiger partial charge in [0.15, 0.2) is 0 Å². The zero-order chi connectivity index (χ0) is 14.5. The molecule has 4 heteroatoms. The standard InChI is InChI=1S/C16H24N4/c1-5-10-20-11-9-18-16(20)15(17-6-2)14-8-7-12(3)19-13(14)4/h7-9,11,15,17H,5-6,10H2,1-4H3. The van der Waals surface area contributed by atoms with Crippen molar-refractivity contribution in [3.05, 3.63) is 47.3 Å². The highest BCUT2D eigenvalue weighted by atomic mass is 15.1. The highest BCUT2D eigenvalue weighted by Crippen LogP contribution is 2.23. The van der Waals surface area contributed by atoms with Crippen LogP contribution in [0.25, 0.3) is 0 Å². The second-order valence-corrected chi connectivity index (χ2v) is 5.10. The van der Waals surface area contributed by atoms with Crippen LogP contribution in [0.4, 0.5) is 0 Å². The van der Waals surface area contributed by atoms with Gasteiger partial charge in [0.1, 0.15) is 5.82 Å². The van der Waals surface area contributed by atoms with E-state index in [1.165, 1.54) is 5.56 Å². The van der Waals surface area contributed by atoms with Crippen LogP contribution in [0.3, 0.4) is 0 Å². The van der Waals surface area contributed by atoms with Crippen LogP contribution in [0.1, 0.15) is 49.1 Å². The summed E-state index contributed by atoms with van der Waals surface area (Å²) in [7, 11) is 0. The molecule has 2 rings (SSSR count). The topological polar surface area (TPSA) is 42.7 Å². The normalized spacial score (nSPS) is 12.6. The van der Waals surface area contributed by atoms with Crippen molar-refractivity contribution < 1.29 is 0 Å². The van der Waals surface area contributed by atoms with Gasteiger partial charge in [-0.25, -0.2) is 4.98 Å². The van der Waals surface area contributed by atoms with Gasteiger partial charge < -0.3 is 9.88 Å². The lowest BCUT2D eigenvalue weighted by molar-refractivity contribution is 0.541. The van der Waals surface area contributed by atoms with E-state index in [9.17, 15) is 0 Å². The van der Waals surface area contributed by atoms with E-state index in [2.05, 4.69) is 59.0 Å². The summed E-state index contributed by atoms with van der Waals surface area (Å²) in [6, 6.07) is 4.34. The molecule has 2 heterocycles. The molecule has 1 N–H and O–H groups in total. The van der Waals surface area contributed by atoms with Crippen LogP contribution in [0.15, 0.2) is 24.5 Å². The van der Waals surface area contributed by atoms with Gasteiger partial charge in [-0.2, -0.15) is 0 Å². The zero-order valence-corrected chi connectivity index (χ0v) is 12.8. The zero-order valence-electron chi connectivity index (χ0n) is 12.8. The molecule has 2 aromatic heterocycles. The Morgan fingerprint density at radius 3 is 2.70 bits per heavy atom. The Hall–Kier alpha value is -1.68. The van der Waals surface area contributed by atoms with E-state index in [0.717, 1.165) is 36.7 Å². The van der Waals surface area contributed by atoms with E-state index in [4.69, 9.17) is 0 Å². The molecule has 4 nitrogen and oxygen atoms in total. The van der Waals surface area contributed by atoms with E-state index in [1.54, 1.807) is 0 Å². The van der Waals surface area contributed by atoms with Crippen LogP contribution in [0, 0.1) is 13.8 Å². The summed E-state index contributed by atoms with van der Waals surface area (Å²) >= 11 is 0. The molecule has 0 aromatic carbocycles. The SMILES string of the molecule is CCCn1ccnc1C(NCC)c1ccc(C)nc1C. The number of pyridine rings is 1. The summed E-state index contributed by atoms with van der Waals surface area (Å²) in [4.78, 5) is 9.15. The third-order valence-electron chi connectivity index (χ3n) is 3.46. The molecule has 20 heavy (non-hydrogen) atoms. The van der Waals surface area contributed by atoms with Gasteiger partial charge in [-0.05, 0) is 38.4 Å². The summed E-state index contributed by atoms with van der Waals surface area (Å²) in [6.07, 6.45) is 5.04. The molecular formula is C16H24N4. The van der Waals surface area contributed by atoms with Gasteiger partial charge in [-0.15, -0.1) is 0 Å². The summed E-state index contributed by atoms with van der Waals surface area (Å²) in [6.45, 7) is 10.3. The second-order valence-electron chi connectivity index (χ2n) is 5.10. The molecular weight excluding hydrogens is 248 g/mol. The first-order valence-corrected chi connectivity index (χ1v) is 7.35. The number of nitrogens with zero attached hydrogens (tertiary/aromatic N) is 3. The van der Waals surface area contributed by atoms with Gasteiger partial charge in [-0.3, -0.25) is 4.98 Å². The Morgan fingerprint density at radius 1 is 1.25 bits per heavy atom. The number of hydrogen-bond donors (Lipinski definition) is 1. The van der Waals surface area contributed by atoms with Gasteiger partial charge in [0.2, 0.25) is 0 Å². The number of nitrogens with one attached hydrogen (secondary N) is 1. The summed E-state index contributed by atoms with van der Waals surface area (Å²) in [5.41, 5.74) is 3.33. The third kappa shape index (κ3) is 3.07. The smallest absolute Gasteiger partial charge is 0.130 e. The Morgan fingerprint density at radius 2 is 2.05 bits per heavy atom. The first-order valence-electron chi connectivity index (χ1n) is 7.35. The van der Waals surface area contributed by atoms with Crippen molar-refractivity contribution in [2.75, 3.05) is 6.54 Å². The lowest BCUT2D eigenvalue weighted by Crippen LogP contribution is -2.26. The lowest BCUT2D eigenvalue weighted by atomic mass is 10.0. The van der Waals surface area contributed by atoms with Crippen molar-refractivity contribution >= 4 is 0 Å².